The predicted octanol–water partition coefficient (Wildman–Crippen LogP) is 4.50. The van der Waals surface area contributed by atoms with E-state index in [-0.39, 0.29) is 29.1 Å². The second-order valence-corrected chi connectivity index (χ2v) is 9.84. The van der Waals surface area contributed by atoms with Gasteiger partial charge in [-0.2, -0.15) is 5.26 Å². The van der Waals surface area contributed by atoms with E-state index in [1.165, 1.54) is 23.9 Å². The molecule has 2 amide bonds. The minimum atomic E-state index is -0.359. The maximum atomic E-state index is 13.7. The molecule has 2 aliphatic heterocycles. The van der Waals surface area contributed by atoms with Crippen molar-refractivity contribution in [3.8, 4) is 6.07 Å². The van der Waals surface area contributed by atoms with Crippen LogP contribution in [-0.4, -0.2) is 47.8 Å². The summed E-state index contributed by atoms with van der Waals surface area (Å²) in [6.07, 6.45) is 1.91. The lowest BCUT2D eigenvalue weighted by Crippen LogP contribution is -2.51. The van der Waals surface area contributed by atoms with Crippen LogP contribution < -0.4 is 4.90 Å². The highest BCUT2D eigenvalue weighted by Gasteiger charge is 2.37. The topological polar surface area (TPSA) is 67.6 Å². The maximum Gasteiger partial charge on any atom is 0.267 e. The Kier molecular flexibility index (Phi) is 6.35. The number of aryl methyl sites for hydroxylation is 1. The van der Waals surface area contributed by atoms with Gasteiger partial charge in [-0.05, 0) is 49.6 Å². The molecule has 0 unspecified atom stereocenters. The number of hydrogen-bond donors (Lipinski definition) is 0. The van der Waals surface area contributed by atoms with Crippen LogP contribution in [0.15, 0.2) is 64.5 Å². The zero-order valence-corrected chi connectivity index (χ0v) is 20.2. The van der Waals surface area contributed by atoms with E-state index in [0.717, 1.165) is 29.7 Å². The molecule has 0 aromatic heterocycles. The van der Waals surface area contributed by atoms with Crippen molar-refractivity contribution >= 4 is 35.0 Å². The van der Waals surface area contributed by atoms with Crippen LogP contribution in [0, 0.1) is 30.0 Å². The highest BCUT2D eigenvalue weighted by atomic mass is 32.2. The first-order chi connectivity index (χ1) is 17.0. The Balaban J connectivity index is 1.44. The van der Waals surface area contributed by atoms with Crippen molar-refractivity contribution in [1.29, 1.82) is 5.26 Å². The molecule has 0 bridgehead atoms. The van der Waals surface area contributed by atoms with Crippen LogP contribution in [0.25, 0.3) is 5.70 Å². The van der Waals surface area contributed by atoms with Crippen molar-refractivity contribution in [3.63, 3.8) is 0 Å². The average molecular weight is 489 g/mol. The van der Waals surface area contributed by atoms with E-state index < -0.39 is 0 Å². The molecule has 0 atom stereocenters. The molecular weight excluding hydrogens is 463 g/mol. The normalized spacial score (nSPS) is 19.3. The van der Waals surface area contributed by atoms with Crippen molar-refractivity contribution in [2.24, 2.45) is 5.92 Å². The fourth-order valence-electron chi connectivity index (χ4n) is 4.33. The van der Waals surface area contributed by atoms with Crippen molar-refractivity contribution in [3.05, 3.63) is 81.5 Å². The van der Waals surface area contributed by atoms with Crippen molar-refractivity contribution in [2.45, 2.75) is 19.8 Å². The van der Waals surface area contributed by atoms with Gasteiger partial charge in [0.2, 0.25) is 5.91 Å². The van der Waals surface area contributed by atoms with Gasteiger partial charge in [0, 0.05) is 43.2 Å². The first kappa shape index (κ1) is 23.2. The average Bonchev–Trinajstić information content (AvgIpc) is 3.65. The van der Waals surface area contributed by atoms with Crippen molar-refractivity contribution in [2.75, 3.05) is 31.1 Å². The van der Waals surface area contributed by atoms with Crippen LogP contribution in [0.4, 0.5) is 10.1 Å². The highest BCUT2D eigenvalue weighted by Crippen LogP contribution is 2.44. The molecule has 1 saturated carbocycles. The summed E-state index contributed by atoms with van der Waals surface area (Å²) in [7, 11) is 0. The highest BCUT2D eigenvalue weighted by molar-refractivity contribution is 8.06. The van der Waals surface area contributed by atoms with Gasteiger partial charge in [-0.15, -0.1) is 0 Å². The van der Waals surface area contributed by atoms with Gasteiger partial charge in [0.15, 0.2) is 0 Å². The summed E-state index contributed by atoms with van der Waals surface area (Å²) in [5, 5.41) is 12.5. The Hall–Kier alpha value is -3.57. The number of piperazine rings is 1. The molecule has 1 aliphatic carbocycles. The van der Waals surface area contributed by atoms with E-state index in [1.807, 2.05) is 46.4 Å². The first-order valence-corrected chi connectivity index (χ1v) is 12.6. The summed E-state index contributed by atoms with van der Waals surface area (Å²) in [5.74, 6) is -0.377. The summed E-state index contributed by atoms with van der Waals surface area (Å²) in [5.41, 5.74) is 3.57. The smallest absolute Gasteiger partial charge is 0.267 e. The molecule has 5 rings (SSSR count). The minimum absolute atomic E-state index is 0.0413. The summed E-state index contributed by atoms with van der Waals surface area (Å²) in [6.45, 7) is 3.77. The number of benzene rings is 2. The molecule has 2 aromatic carbocycles. The number of nitrogens with zero attached hydrogens (tertiary/aromatic N) is 4. The van der Waals surface area contributed by atoms with E-state index in [4.69, 9.17) is 0 Å². The van der Waals surface area contributed by atoms with Gasteiger partial charge in [0.1, 0.15) is 22.5 Å². The Morgan fingerprint density at radius 3 is 2.20 bits per heavy atom. The third kappa shape index (κ3) is 4.69. The van der Waals surface area contributed by atoms with Gasteiger partial charge in [-0.25, -0.2) is 4.39 Å². The number of thioether (sulfide) groups is 1. The number of amides is 2. The zero-order chi connectivity index (χ0) is 24.5. The van der Waals surface area contributed by atoms with Crippen LogP contribution in [-0.2, 0) is 9.59 Å². The second kappa shape index (κ2) is 9.59. The molecule has 0 spiro atoms. The fraction of sp³-hybridized carbons (Fsp3) is 0.296. The van der Waals surface area contributed by atoms with Gasteiger partial charge >= 0.3 is 0 Å². The summed E-state index contributed by atoms with van der Waals surface area (Å²) >= 11 is 1.31. The number of carbonyl (C=O) groups excluding carboxylic acids is 2. The van der Waals surface area contributed by atoms with Crippen LogP contribution in [0.5, 0.6) is 0 Å². The number of hydrogen-bond acceptors (Lipinski definition) is 5. The number of anilines is 1. The molecule has 0 radical (unpaired) electrons. The molecule has 178 valence electrons. The van der Waals surface area contributed by atoms with Crippen LogP contribution in [0.1, 0.15) is 24.0 Å². The van der Waals surface area contributed by atoms with Gasteiger partial charge in [-0.1, -0.05) is 41.6 Å². The fourth-order valence-corrected chi connectivity index (χ4v) is 5.35. The van der Waals surface area contributed by atoms with Crippen LogP contribution in [0.3, 0.4) is 0 Å². The Bertz CT molecular complexity index is 1250. The minimum Gasteiger partial charge on any atom is -0.339 e. The number of nitriles is 1. The quantitative estimate of drug-likeness (QED) is 0.468. The first-order valence-electron chi connectivity index (χ1n) is 11.7. The molecule has 35 heavy (non-hydrogen) atoms. The molecule has 2 heterocycles. The van der Waals surface area contributed by atoms with Crippen molar-refractivity contribution in [1.82, 2.24) is 9.80 Å². The van der Waals surface area contributed by atoms with Gasteiger partial charge in [0.25, 0.3) is 5.91 Å². The van der Waals surface area contributed by atoms with E-state index in [1.54, 1.807) is 17.0 Å². The summed E-state index contributed by atoms with van der Waals surface area (Å²) < 4.78 is 13.7. The van der Waals surface area contributed by atoms with Crippen molar-refractivity contribution < 1.29 is 14.0 Å². The van der Waals surface area contributed by atoms with E-state index in [2.05, 4.69) is 6.07 Å². The predicted molar refractivity (Wildman–Crippen MR) is 134 cm³/mol. The van der Waals surface area contributed by atoms with Gasteiger partial charge < -0.3 is 14.7 Å². The molecule has 1 saturated heterocycles. The lowest BCUT2D eigenvalue weighted by Gasteiger charge is -2.35. The molecule has 2 aromatic rings. The molecule has 2 fully saturated rings. The molecule has 8 heteroatoms. The van der Waals surface area contributed by atoms with E-state index >= 15 is 0 Å². The third-order valence-corrected chi connectivity index (χ3v) is 7.45. The molecule has 6 nitrogen and oxygen atoms in total. The van der Waals surface area contributed by atoms with Gasteiger partial charge in [0.05, 0.1) is 5.70 Å². The lowest BCUT2D eigenvalue weighted by atomic mass is 10.1. The monoisotopic (exact) mass is 488 g/mol. The van der Waals surface area contributed by atoms with Gasteiger partial charge in [-0.3, -0.25) is 9.59 Å². The Labute approximate surface area is 208 Å². The Morgan fingerprint density at radius 2 is 1.60 bits per heavy atom. The zero-order valence-electron chi connectivity index (χ0n) is 19.4. The standard InChI is InChI=1S/C27H25FN4O2S/c1-18-2-4-19(5-3-18)24-17-35-27(32(24)22-10-8-21(28)9-11-22)23(16-29)26(34)31-14-12-30(13-15-31)25(33)20-6-7-20/h2-5,8-11,17,20H,6-7,12-15H2,1H3/b27-23-. The molecule has 0 N–H and O–H groups in total. The molecule has 3 aliphatic rings. The number of rotatable bonds is 4. The SMILES string of the molecule is Cc1ccc(C2=CS/C(=C(/C#N)C(=O)N3CCN(C(=O)C4CC4)CC3)N2c2ccc(F)cc2)cc1. The number of halogens is 1. The van der Waals surface area contributed by atoms with Crippen LogP contribution >= 0.6 is 11.8 Å². The largest absolute Gasteiger partial charge is 0.339 e. The Morgan fingerprint density at radius 1 is 0.971 bits per heavy atom. The summed E-state index contributed by atoms with van der Waals surface area (Å²) in [6, 6.07) is 16.1. The number of carbonyl (C=O) groups is 2. The molecular formula is C27H25FN4O2S. The van der Waals surface area contributed by atoms with E-state index in [9.17, 15) is 19.2 Å². The van der Waals surface area contributed by atoms with Crippen LogP contribution in [0.2, 0.25) is 0 Å². The second-order valence-electron chi connectivity index (χ2n) is 8.98. The summed E-state index contributed by atoms with van der Waals surface area (Å²) in [4.78, 5) is 31.2. The lowest BCUT2D eigenvalue weighted by molar-refractivity contribution is -0.138. The van der Waals surface area contributed by atoms with E-state index in [0.29, 0.717) is 36.9 Å². The maximum absolute atomic E-state index is 13.7. The third-order valence-electron chi connectivity index (χ3n) is 6.50.